The highest BCUT2D eigenvalue weighted by molar-refractivity contribution is 7.07. The van der Waals surface area contributed by atoms with Gasteiger partial charge in [-0.15, -0.1) is 0 Å². The summed E-state index contributed by atoms with van der Waals surface area (Å²) in [5.41, 5.74) is 2.09. The average molecular weight is 521 g/mol. The smallest absolute Gasteiger partial charge is 0.338 e. The van der Waals surface area contributed by atoms with Gasteiger partial charge in [0.05, 0.1) is 42.7 Å². The Morgan fingerprint density at radius 1 is 1.14 bits per heavy atom. The van der Waals surface area contributed by atoms with E-state index < -0.39 is 12.0 Å². The number of carbonyl (C=O) groups is 1. The summed E-state index contributed by atoms with van der Waals surface area (Å²) in [6.07, 6.45) is 3.43. The summed E-state index contributed by atoms with van der Waals surface area (Å²) in [7, 11) is 3.14. The molecule has 0 N–H and O–H groups in total. The lowest BCUT2D eigenvalue weighted by molar-refractivity contribution is -0.139. The van der Waals surface area contributed by atoms with Crippen LogP contribution in [0, 0.1) is 0 Å². The standard InChI is InChI=1S/C28H28N2O6S/c1-6-14-36-21-13-8-18(15-22(21)34-5)16-23-26(31)30-25(19-9-11-20(33-4)12-10-19)24(27(32)35-7-2)17(3)29-28(30)37-23/h6,8-13,15-16,25H,1,7,14H2,2-5H3/b23-16-. The summed E-state index contributed by atoms with van der Waals surface area (Å²) < 4.78 is 23.7. The summed E-state index contributed by atoms with van der Waals surface area (Å²) in [5, 5.41) is 0. The number of methoxy groups -OCH3 is 2. The van der Waals surface area contributed by atoms with Crippen LogP contribution in [0.2, 0.25) is 0 Å². The maximum Gasteiger partial charge on any atom is 0.338 e. The highest BCUT2D eigenvalue weighted by Gasteiger charge is 2.33. The van der Waals surface area contributed by atoms with E-state index in [-0.39, 0.29) is 12.2 Å². The van der Waals surface area contributed by atoms with Gasteiger partial charge in [-0.1, -0.05) is 42.2 Å². The van der Waals surface area contributed by atoms with Gasteiger partial charge in [0.2, 0.25) is 0 Å². The second kappa shape index (κ2) is 11.3. The van der Waals surface area contributed by atoms with Crippen molar-refractivity contribution in [3.63, 3.8) is 0 Å². The number of nitrogens with zero attached hydrogens (tertiary/aromatic N) is 2. The molecule has 0 saturated carbocycles. The number of rotatable bonds is 9. The third-order valence-electron chi connectivity index (χ3n) is 5.79. The Kier molecular flexibility index (Phi) is 7.93. The molecular weight excluding hydrogens is 492 g/mol. The van der Waals surface area contributed by atoms with Crippen LogP contribution in [0.3, 0.4) is 0 Å². The van der Waals surface area contributed by atoms with Crippen molar-refractivity contribution in [2.75, 3.05) is 27.4 Å². The Morgan fingerprint density at radius 3 is 2.54 bits per heavy atom. The van der Waals surface area contributed by atoms with Crippen LogP contribution in [0.25, 0.3) is 6.08 Å². The maximum atomic E-state index is 13.7. The molecule has 1 aromatic heterocycles. The lowest BCUT2D eigenvalue weighted by Gasteiger charge is -2.24. The molecule has 2 aromatic carbocycles. The summed E-state index contributed by atoms with van der Waals surface area (Å²) in [5.74, 6) is 1.29. The number of esters is 1. The van der Waals surface area contributed by atoms with Crippen LogP contribution < -0.4 is 29.1 Å². The van der Waals surface area contributed by atoms with Crippen molar-refractivity contribution in [2.45, 2.75) is 19.9 Å². The Labute approximate surface area is 218 Å². The van der Waals surface area contributed by atoms with Crippen molar-refractivity contribution in [1.82, 2.24) is 4.57 Å². The van der Waals surface area contributed by atoms with Gasteiger partial charge in [-0.3, -0.25) is 9.36 Å². The van der Waals surface area contributed by atoms with Gasteiger partial charge >= 0.3 is 5.97 Å². The number of benzene rings is 2. The van der Waals surface area contributed by atoms with Gasteiger partial charge in [-0.25, -0.2) is 9.79 Å². The number of hydrogen-bond acceptors (Lipinski definition) is 8. The minimum Gasteiger partial charge on any atom is -0.497 e. The molecule has 0 bridgehead atoms. The highest BCUT2D eigenvalue weighted by atomic mass is 32.1. The SMILES string of the molecule is C=CCOc1ccc(/C=c2\sc3n(c2=O)C(c2ccc(OC)cc2)C(C(=O)OCC)=C(C)N=3)cc1OC. The first-order valence-corrected chi connectivity index (χ1v) is 12.5. The predicted molar refractivity (Wildman–Crippen MR) is 142 cm³/mol. The van der Waals surface area contributed by atoms with E-state index in [1.807, 2.05) is 18.2 Å². The zero-order valence-corrected chi connectivity index (χ0v) is 22.0. The molecule has 9 heteroatoms. The molecule has 37 heavy (non-hydrogen) atoms. The van der Waals surface area contributed by atoms with E-state index in [1.165, 1.54) is 11.3 Å². The topological polar surface area (TPSA) is 88.4 Å². The average Bonchev–Trinajstić information content (AvgIpc) is 3.21. The third-order valence-corrected chi connectivity index (χ3v) is 6.77. The zero-order valence-electron chi connectivity index (χ0n) is 21.1. The number of hydrogen-bond donors (Lipinski definition) is 0. The van der Waals surface area contributed by atoms with Gasteiger partial charge in [0, 0.05) is 0 Å². The van der Waals surface area contributed by atoms with Crippen molar-refractivity contribution in [1.29, 1.82) is 0 Å². The van der Waals surface area contributed by atoms with Crippen molar-refractivity contribution in [2.24, 2.45) is 4.99 Å². The van der Waals surface area contributed by atoms with Gasteiger partial charge in [-0.05, 0) is 55.3 Å². The summed E-state index contributed by atoms with van der Waals surface area (Å²) >= 11 is 1.26. The number of allylic oxidation sites excluding steroid dienone is 1. The van der Waals surface area contributed by atoms with Crippen LogP contribution in [0.1, 0.15) is 31.0 Å². The fraction of sp³-hybridized carbons (Fsp3) is 0.250. The van der Waals surface area contributed by atoms with Crippen LogP contribution in [0.15, 0.2) is 76.2 Å². The molecule has 3 aromatic rings. The van der Waals surface area contributed by atoms with E-state index >= 15 is 0 Å². The highest BCUT2D eigenvalue weighted by Crippen LogP contribution is 2.32. The fourth-order valence-electron chi connectivity index (χ4n) is 4.09. The Hall–Kier alpha value is -4.11. The number of fused-ring (bicyclic) bond motifs is 1. The molecular formula is C28H28N2O6S. The first-order chi connectivity index (χ1) is 17.9. The Morgan fingerprint density at radius 2 is 1.89 bits per heavy atom. The van der Waals surface area contributed by atoms with Crippen molar-refractivity contribution in [3.8, 4) is 17.2 Å². The van der Waals surface area contributed by atoms with E-state index in [1.54, 1.807) is 69.1 Å². The molecule has 0 amide bonds. The van der Waals surface area contributed by atoms with Gasteiger partial charge < -0.3 is 18.9 Å². The summed E-state index contributed by atoms with van der Waals surface area (Å²) in [6.45, 7) is 7.72. The van der Waals surface area contributed by atoms with Crippen molar-refractivity contribution < 1.29 is 23.7 Å². The quantitative estimate of drug-likeness (QED) is 0.318. The second-order valence-corrected chi connectivity index (χ2v) is 9.09. The van der Waals surface area contributed by atoms with Crippen molar-refractivity contribution >= 4 is 23.4 Å². The minimum absolute atomic E-state index is 0.212. The first-order valence-electron chi connectivity index (χ1n) is 11.7. The van der Waals surface area contributed by atoms with Crippen LogP contribution >= 0.6 is 11.3 Å². The molecule has 0 spiro atoms. The number of carbonyl (C=O) groups excluding carboxylic acids is 1. The Balaban J connectivity index is 1.87. The molecule has 1 atom stereocenters. The molecule has 192 valence electrons. The normalized spacial score (nSPS) is 15.0. The summed E-state index contributed by atoms with van der Waals surface area (Å²) in [6, 6.07) is 12.0. The van der Waals surface area contributed by atoms with Gasteiger partial charge in [-0.2, -0.15) is 0 Å². The van der Waals surface area contributed by atoms with Crippen LogP contribution in [-0.4, -0.2) is 38.0 Å². The zero-order chi connectivity index (χ0) is 26.5. The molecule has 0 aliphatic carbocycles. The van der Waals surface area contributed by atoms with Gasteiger partial charge in [0.15, 0.2) is 16.3 Å². The predicted octanol–water partition coefficient (Wildman–Crippen LogP) is 3.38. The molecule has 2 heterocycles. The first kappa shape index (κ1) is 26.0. The fourth-order valence-corrected chi connectivity index (χ4v) is 5.13. The number of ether oxygens (including phenoxy) is 4. The lowest BCUT2D eigenvalue weighted by atomic mass is 9.96. The largest absolute Gasteiger partial charge is 0.497 e. The van der Waals surface area contributed by atoms with E-state index in [4.69, 9.17) is 18.9 Å². The van der Waals surface area contributed by atoms with E-state index in [0.29, 0.717) is 44.5 Å². The third kappa shape index (κ3) is 5.22. The number of aromatic nitrogens is 1. The van der Waals surface area contributed by atoms with Crippen LogP contribution in [-0.2, 0) is 9.53 Å². The molecule has 8 nitrogen and oxygen atoms in total. The lowest BCUT2D eigenvalue weighted by Crippen LogP contribution is -2.39. The molecule has 1 aliphatic rings. The molecule has 0 saturated heterocycles. The summed E-state index contributed by atoms with van der Waals surface area (Å²) in [4.78, 5) is 31.8. The van der Waals surface area contributed by atoms with Crippen LogP contribution in [0.4, 0.5) is 0 Å². The molecule has 0 fully saturated rings. The van der Waals surface area contributed by atoms with Gasteiger partial charge in [0.1, 0.15) is 12.4 Å². The molecule has 0 radical (unpaired) electrons. The molecule has 1 aliphatic heterocycles. The van der Waals surface area contributed by atoms with Crippen molar-refractivity contribution in [3.05, 3.63) is 97.2 Å². The number of thiazole rings is 1. The monoisotopic (exact) mass is 520 g/mol. The maximum absolute atomic E-state index is 13.7. The van der Waals surface area contributed by atoms with Gasteiger partial charge in [0.25, 0.3) is 5.56 Å². The Bertz CT molecular complexity index is 1530. The van der Waals surface area contributed by atoms with Crippen LogP contribution in [0.5, 0.6) is 17.2 Å². The molecule has 4 rings (SSSR count). The van der Waals surface area contributed by atoms with E-state index in [9.17, 15) is 9.59 Å². The minimum atomic E-state index is -0.687. The second-order valence-electron chi connectivity index (χ2n) is 8.09. The van der Waals surface area contributed by atoms with E-state index in [0.717, 1.165) is 11.1 Å². The van der Waals surface area contributed by atoms with E-state index in [2.05, 4.69) is 11.6 Å². The molecule has 1 unspecified atom stereocenters.